The lowest BCUT2D eigenvalue weighted by Gasteiger charge is -2.09. The van der Waals surface area contributed by atoms with Crippen molar-refractivity contribution in [3.63, 3.8) is 0 Å². The highest BCUT2D eigenvalue weighted by Crippen LogP contribution is 2.37. The molecule has 0 amide bonds. The van der Waals surface area contributed by atoms with Crippen molar-refractivity contribution in [2.24, 2.45) is 4.99 Å². The lowest BCUT2D eigenvalue weighted by atomic mass is 10.1. The molecule has 0 N–H and O–H groups in total. The summed E-state index contributed by atoms with van der Waals surface area (Å²) in [6.45, 7) is 0. The maximum Gasteiger partial charge on any atom is 0.418 e. The number of nitriles is 1. The molecule has 0 saturated heterocycles. The molecule has 0 aromatic heterocycles. The minimum atomic E-state index is -4.56. The molecular formula is C9H3F3N2S. The SMILES string of the molecule is N#Cc1cccc(C(F)(F)F)c1N=C=S. The Kier molecular flexibility index (Phi) is 3.20. The highest BCUT2D eigenvalue weighted by molar-refractivity contribution is 7.78. The Bertz CT molecular complexity index is 467. The van der Waals surface area contributed by atoms with Gasteiger partial charge in [0.25, 0.3) is 0 Å². The van der Waals surface area contributed by atoms with E-state index in [-0.39, 0.29) is 5.56 Å². The second-order valence-electron chi connectivity index (χ2n) is 2.51. The Labute approximate surface area is 88.7 Å². The third-order valence-corrected chi connectivity index (χ3v) is 1.71. The van der Waals surface area contributed by atoms with E-state index in [1.807, 2.05) is 5.16 Å². The second-order valence-corrected chi connectivity index (χ2v) is 2.70. The maximum atomic E-state index is 12.5. The van der Waals surface area contributed by atoms with Crippen molar-refractivity contribution in [3.8, 4) is 6.07 Å². The summed E-state index contributed by atoms with van der Waals surface area (Å²) in [5, 5.41) is 10.4. The molecule has 1 aromatic carbocycles. The minimum absolute atomic E-state index is 0.179. The van der Waals surface area contributed by atoms with Crippen LogP contribution in [0.5, 0.6) is 0 Å². The van der Waals surface area contributed by atoms with Gasteiger partial charge in [0.05, 0.1) is 16.3 Å². The van der Waals surface area contributed by atoms with E-state index in [0.29, 0.717) is 0 Å². The first kappa shape index (κ1) is 11.4. The van der Waals surface area contributed by atoms with Gasteiger partial charge in [-0.3, -0.25) is 0 Å². The Balaban J connectivity index is 3.54. The summed E-state index contributed by atoms with van der Waals surface area (Å²) < 4.78 is 37.4. The van der Waals surface area contributed by atoms with E-state index in [9.17, 15) is 13.2 Å². The number of aliphatic imine (C=N–C) groups is 1. The van der Waals surface area contributed by atoms with Crippen LogP contribution in [0.4, 0.5) is 18.9 Å². The van der Waals surface area contributed by atoms with E-state index in [1.54, 1.807) is 6.07 Å². The molecule has 76 valence electrons. The molecule has 0 fully saturated rings. The summed E-state index contributed by atoms with van der Waals surface area (Å²) in [4.78, 5) is 3.27. The van der Waals surface area contributed by atoms with Gasteiger partial charge in [-0.25, -0.2) is 0 Å². The largest absolute Gasteiger partial charge is 0.418 e. The fourth-order valence-corrected chi connectivity index (χ4v) is 1.12. The average Bonchev–Trinajstić information content (AvgIpc) is 2.17. The Morgan fingerprint density at radius 2 is 2.00 bits per heavy atom. The summed E-state index contributed by atoms with van der Waals surface area (Å²) in [6, 6.07) is 4.83. The first-order chi connectivity index (χ1) is 7.00. The first-order valence-electron chi connectivity index (χ1n) is 3.69. The van der Waals surface area contributed by atoms with Crippen molar-refractivity contribution in [2.45, 2.75) is 6.18 Å². The lowest BCUT2D eigenvalue weighted by molar-refractivity contribution is -0.137. The van der Waals surface area contributed by atoms with E-state index >= 15 is 0 Å². The van der Waals surface area contributed by atoms with Crippen molar-refractivity contribution in [3.05, 3.63) is 29.3 Å². The molecule has 0 aliphatic rings. The molecule has 1 aromatic rings. The van der Waals surface area contributed by atoms with Crippen LogP contribution in [-0.4, -0.2) is 5.16 Å². The highest BCUT2D eigenvalue weighted by Gasteiger charge is 2.34. The molecule has 0 bridgehead atoms. The molecule has 0 spiro atoms. The Morgan fingerprint density at radius 3 is 2.47 bits per heavy atom. The van der Waals surface area contributed by atoms with Crippen LogP contribution in [0.25, 0.3) is 0 Å². The van der Waals surface area contributed by atoms with Gasteiger partial charge in [-0.2, -0.15) is 23.4 Å². The van der Waals surface area contributed by atoms with Gasteiger partial charge < -0.3 is 0 Å². The number of hydrogen-bond acceptors (Lipinski definition) is 3. The third kappa shape index (κ3) is 2.40. The summed E-state index contributed by atoms with van der Waals surface area (Å²) >= 11 is 4.23. The zero-order valence-corrected chi connectivity index (χ0v) is 7.99. The van der Waals surface area contributed by atoms with Crippen LogP contribution in [0.3, 0.4) is 0 Å². The molecule has 0 radical (unpaired) electrons. The van der Waals surface area contributed by atoms with Crippen molar-refractivity contribution >= 4 is 23.1 Å². The Morgan fingerprint density at radius 1 is 1.33 bits per heavy atom. The molecule has 0 heterocycles. The van der Waals surface area contributed by atoms with Gasteiger partial charge in [0.1, 0.15) is 11.8 Å². The van der Waals surface area contributed by atoms with E-state index in [4.69, 9.17) is 5.26 Å². The number of thiocarbonyl (C=S) groups is 1. The summed E-state index contributed by atoms with van der Waals surface area (Å²) in [6.07, 6.45) is -4.56. The average molecular weight is 228 g/mol. The third-order valence-electron chi connectivity index (χ3n) is 1.62. The molecule has 0 atom stereocenters. The standard InChI is InChI=1S/C9H3F3N2S/c10-9(11,12)7-3-1-2-6(4-13)8(7)14-5-15/h1-3H. The van der Waals surface area contributed by atoms with Crippen LogP contribution >= 0.6 is 12.2 Å². The summed E-state index contributed by atoms with van der Waals surface area (Å²) in [5.41, 5.74) is -1.65. The number of para-hydroxylation sites is 1. The van der Waals surface area contributed by atoms with Crippen molar-refractivity contribution in [2.75, 3.05) is 0 Å². The predicted molar refractivity (Wildman–Crippen MR) is 50.8 cm³/mol. The van der Waals surface area contributed by atoms with Gasteiger partial charge >= 0.3 is 6.18 Å². The number of hydrogen-bond donors (Lipinski definition) is 0. The zero-order chi connectivity index (χ0) is 11.5. The fourth-order valence-electron chi connectivity index (χ4n) is 1.03. The van der Waals surface area contributed by atoms with E-state index < -0.39 is 17.4 Å². The number of alkyl halides is 3. The van der Waals surface area contributed by atoms with Gasteiger partial charge in [-0.05, 0) is 24.4 Å². The number of isothiocyanates is 1. The van der Waals surface area contributed by atoms with Crippen molar-refractivity contribution in [1.82, 2.24) is 0 Å². The predicted octanol–water partition coefficient (Wildman–Crippen LogP) is 3.31. The second kappa shape index (κ2) is 4.22. The minimum Gasteiger partial charge on any atom is -0.193 e. The number of nitrogens with zero attached hydrogens (tertiary/aromatic N) is 2. The van der Waals surface area contributed by atoms with Gasteiger partial charge in [0.2, 0.25) is 0 Å². The zero-order valence-electron chi connectivity index (χ0n) is 7.17. The Hall–Kier alpha value is -1.70. The van der Waals surface area contributed by atoms with Gasteiger partial charge in [-0.1, -0.05) is 6.07 Å². The molecule has 2 nitrogen and oxygen atoms in total. The smallest absolute Gasteiger partial charge is 0.193 e. The summed E-state index contributed by atoms with van der Waals surface area (Å²) in [7, 11) is 0. The van der Waals surface area contributed by atoms with Crippen LogP contribution in [-0.2, 0) is 6.18 Å². The topological polar surface area (TPSA) is 36.1 Å². The lowest BCUT2D eigenvalue weighted by Crippen LogP contribution is -2.05. The quantitative estimate of drug-likeness (QED) is 0.546. The molecule has 1 rings (SSSR count). The maximum absolute atomic E-state index is 12.5. The van der Waals surface area contributed by atoms with Crippen molar-refractivity contribution in [1.29, 1.82) is 5.26 Å². The van der Waals surface area contributed by atoms with Crippen LogP contribution in [0.1, 0.15) is 11.1 Å². The van der Waals surface area contributed by atoms with E-state index in [0.717, 1.165) is 12.1 Å². The highest BCUT2D eigenvalue weighted by atomic mass is 32.1. The molecule has 6 heteroatoms. The van der Waals surface area contributed by atoms with E-state index in [2.05, 4.69) is 17.2 Å². The molecule has 0 aliphatic heterocycles. The van der Waals surface area contributed by atoms with Crippen molar-refractivity contribution < 1.29 is 13.2 Å². The van der Waals surface area contributed by atoms with Gasteiger partial charge in [0.15, 0.2) is 0 Å². The van der Waals surface area contributed by atoms with Crippen LogP contribution < -0.4 is 0 Å². The normalized spacial score (nSPS) is 10.3. The number of rotatable bonds is 1. The molecule has 0 unspecified atom stereocenters. The monoisotopic (exact) mass is 228 g/mol. The number of halogens is 3. The molecule has 15 heavy (non-hydrogen) atoms. The van der Waals surface area contributed by atoms with E-state index in [1.165, 1.54) is 6.07 Å². The molecular weight excluding hydrogens is 225 g/mol. The summed E-state index contributed by atoms with van der Waals surface area (Å²) in [5.74, 6) is 0. The number of benzene rings is 1. The molecule has 0 aliphatic carbocycles. The van der Waals surface area contributed by atoms with Crippen LogP contribution in [0.2, 0.25) is 0 Å². The fraction of sp³-hybridized carbons (Fsp3) is 0.111. The molecule has 0 saturated carbocycles. The van der Waals surface area contributed by atoms with Crippen LogP contribution in [0, 0.1) is 11.3 Å². The first-order valence-corrected chi connectivity index (χ1v) is 4.09. The van der Waals surface area contributed by atoms with Crippen LogP contribution in [0.15, 0.2) is 23.2 Å². The van der Waals surface area contributed by atoms with Gasteiger partial charge in [0, 0.05) is 0 Å². The van der Waals surface area contributed by atoms with Gasteiger partial charge in [-0.15, -0.1) is 0 Å².